The number of para-hydroxylation sites is 1. The minimum Gasteiger partial charge on any atom is -0.427 e. The van der Waals surface area contributed by atoms with E-state index in [0.717, 1.165) is 5.52 Å². The Morgan fingerprint density at radius 2 is 1.84 bits per heavy atom. The molecule has 1 N–H and O–H groups in total. The zero-order valence-electron chi connectivity index (χ0n) is 10.7. The van der Waals surface area contributed by atoms with E-state index in [0.29, 0.717) is 16.7 Å². The first-order valence-corrected chi connectivity index (χ1v) is 6.16. The minimum atomic E-state index is -0.576. The van der Waals surface area contributed by atoms with Gasteiger partial charge in [0, 0.05) is 22.9 Å². The van der Waals surface area contributed by atoms with Crippen LogP contribution in [0.15, 0.2) is 44.3 Å². The van der Waals surface area contributed by atoms with Crippen LogP contribution >= 0.6 is 0 Å². The topological polar surface area (TPSA) is 63.1 Å². The van der Waals surface area contributed by atoms with Gasteiger partial charge in [0.25, 0.3) is 0 Å². The highest BCUT2D eigenvalue weighted by atomic mass is 16.4. The number of hydrogen-bond donors (Lipinski definition) is 1. The van der Waals surface area contributed by atoms with Crippen LogP contribution in [0.2, 0.25) is 0 Å². The number of aromatic nitrogens is 1. The van der Waals surface area contributed by atoms with Gasteiger partial charge < -0.3 is 9.40 Å². The molecule has 0 saturated heterocycles. The number of hydrogen-bond acceptors (Lipinski definition) is 3. The van der Waals surface area contributed by atoms with E-state index in [4.69, 9.17) is 4.42 Å². The summed E-state index contributed by atoms with van der Waals surface area (Å²) in [5.74, 6) is 0.663. The number of aromatic amines is 1. The molecular weight excluding hydrogens is 242 g/mol. The van der Waals surface area contributed by atoms with E-state index in [-0.39, 0.29) is 16.7 Å². The second-order valence-electron chi connectivity index (χ2n) is 4.88. The lowest BCUT2D eigenvalue weighted by Crippen LogP contribution is -2.15. The Hall–Kier alpha value is -2.36. The lowest BCUT2D eigenvalue weighted by atomic mass is 10.1. The van der Waals surface area contributed by atoms with E-state index in [1.165, 1.54) is 0 Å². The predicted octanol–water partition coefficient (Wildman–Crippen LogP) is 2.76. The second-order valence-corrected chi connectivity index (χ2v) is 4.88. The molecule has 3 aromatic rings. The van der Waals surface area contributed by atoms with Gasteiger partial charge in [-0.15, -0.1) is 0 Å². The molecule has 0 spiro atoms. The van der Waals surface area contributed by atoms with Gasteiger partial charge in [0.1, 0.15) is 11.1 Å². The van der Waals surface area contributed by atoms with Crippen molar-refractivity contribution >= 4 is 21.8 Å². The van der Waals surface area contributed by atoms with Crippen LogP contribution in [0.1, 0.15) is 25.5 Å². The second kappa shape index (κ2) is 4.09. The maximum absolute atomic E-state index is 12.3. The number of pyridine rings is 1. The van der Waals surface area contributed by atoms with Crippen LogP contribution in [0.3, 0.4) is 0 Å². The SMILES string of the molecule is CC(C)c1cc2[nH]c3ccccc3c(=O)c2c(=O)o1. The van der Waals surface area contributed by atoms with Crippen LogP contribution in [0.25, 0.3) is 21.8 Å². The van der Waals surface area contributed by atoms with Crippen molar-refractivity contribution in [1.29, 1.82) is 0 Å². The molecule has 0 aliphatic heterocycles. The van der Waals surface area contributed by atoms with Gasteiger partial charge in [-0.25, -0.2) is 4.79 Å². The molecule has 0 aliphatic carbocycles. The summed E-state index contributed by atoms with van der Waals surface area (Å²) in [5, 5.41) is 0.586. The molecule has 2 aromatic heterocycles. The number of H-pyrrole nitrogens is 1. The summed E-state index contributed by atoms with van der Waals surface area (Å²) in [6.07, 6.45) is 0. The van der Waals surface area contributed by atoms with Crippen molar-refractivity contribution in [2.24, 2.45) is 0 Å². The largest absolute Gasteiger partial charge is 0.427 e. The first kappa shape index (κ1) is 11.7. The Kier molecular flexibility index (Phi) is 2.52. The maximum Gasteiger partial charge on any atom is 0.349 e. The number of benzene rings is 1. The monoisotopic (exact) mass is 255 g/mol. The molecule has 2 heterocycles. The van der Waals surface area contributed by atoms with E-state index < -0.39 is 5.63 Å². The Balaban J connectivity index is 2.55. The predicted molar refractivity (Wildman–Crippen MR) is 74.7 cm³/mol. The lowest BCUT2D eigenvalue weighted by molar-refractivity contribution is 0.447. The molecule has 19 heavy (non-hydrogen) atoms. The molecule has 0 amide bonds. The van der Waals surface area contributed by atoms with Gasteiger partial charge in [-0.3, -0.25) is 4.79 Å². The Bertz CT molecular complexity index is 887. The fourth-order valence-electron chi connectivity index (χ4n) is 2.18. The molecule has 0 bridgehead atoms. The van der Waals surface area contributed by atoms with Gasteiger partial charge >= 0.3 is 5.63 Å². The fourth-order valence-corrected chi connectivity index (χ4v) is 2.18. The highest BCUT2D eigenvalue weighted by molar-refractivity contribution is 5.91. The summed E-state index contributed by atoms with van der Waals surface area (Å²) in [6, 6.07) is 8.87. The van der Waals surface area contributed by atoms with E-state index in [9.17, 15) is 9.59 Å². The highest BCUT2D eigenvalue weighted by Crippen LogP contribution is 2.17. The van der Waals surface area contributed by atoms with Crippen molar-refractivity contribution < 1.29 is 4.42 Å². The first-order valence-electron chi connectivity index (χ1n) is 6.16. The van der Waals surface area contributed by atoms with E-state index >= 15 is 0 Å². The molecule has 0 aliphatic rings. The summed E-state index contributed by atoms with van der Waals surface area (Å²) < 4.78 is 5.21. The molecule has 4 nitrogen and oxygen atoms in total. The third-order valence-electron chi connectivity index (χ3n) is 3.21. The van der Waals surface area contributed by atoms with E-state index in [1.807, 2.05) is 26.0 Å². The van der Waals surface area contributed by atoms with Gasteiger partial charge in [-0.1, -0.05) is 26.0 Å². The Morgan fingerprint density at radius 1 is 1.11 bits per heavy atom. The quantitative estimate of drug-likeness (QED) is 0.680. The zero-order chi connectivity index (χ0) is 13.6. The Morgan fingerprint density at radius 3 is 2.58 bits per heavy atom. The van der Waals surface area contributed by atoms with E-state index in [2.05, 4.69) is 4.98 Å². The normalized spacial score (nSPS) is 11.5. The van der Waals surface area contributed by atoms with Gasteiger partial charge in [-0.2, -0.15) is 0 Å². The molecule has 0 atom stereocenters. The standard InChI is InChI=1S/C15H13NO3/c1-8(2)12-7-11-13(15(18)19-12)14(17)9-5-3-4-6-10(9)16-11/h3-8H,1-2H3,(H,16,17). The van der Waals surface area contributed by atoms with Crippen molar-refractivity contribution in [3.8, 4) is 0 Å². The Labute approximate surface area is 108 Å². The molecule has 1 aromatic carbocycles. The molecule has 0 saturated carbocycles. The third kappa shape index (κ3) is 1.76. The number of nitrogens with one attached hydrogen (secondary N) is 1. The minimum absolute atomic E-state index is 0.0862. The molecule has 0 fully saturated rings. The number of fused-ring (bicyclic) bond motifs is 2. The lowest BCUT2D eigenvalue weighted by Gasteiger charge is -2.06. The van der Waals surface area contributed by atoms with Crippen LogP contribution in [-0.4, -0.2) is 4.98 Å². The molecule has 96 valence electrons. The van der Waals surface area contributed by atoms with Crippen molar-refractivity contribution in [3.05, 3.63) is 56.7 Å². The summed E-state index contributed by atoms with van der Waals surface area (Å²) in [6.45, 7) is 3.87. The van der Waals surface area contributed by atoms with Crippen LogP contribution in [0.5, 0.6) is 0 Å². The fraction of sp³-hybridized carbons (Fsp3) is 0.200. The molecule has 4 heteroatoms. The maximum atomic E-state index is 12.3. The van der Waals surface area contributed by atoms with E-state index in [1.54, 1.807) is 18.2 Å². The zero-order valence-corrected chi connectivity index (χ0v) is 10.7. The molecule has 0 unspecified atom stereocenters. The first-order chi connectivity index (χ1) is 9.08. The van der Waals surface area contributed by atoms with Crippen molar-refractivity contribution in [3.63, 3.8) is 0 Å². The third-order valence-corrected chi connectivity index (χ3v) is 3.21. The summed E-state index contributed by atoms with van der Waals surface area (Å²) >= 11 is 0. The smallest absolute Gasteiger partial charge is 0.349 e. The van der Waals surface area contributed by atoms with Gasteiger partial charge in [0.05, 0.1) is 5.52 Å². The molecular formula is C15H13NO3. The number of rotatable bonds is 1. The van der Waals surface area contributed by atoms with Crippen LogP contribution in [-0.2, 0) is 0 Å². The summed E-state index contributed by atoms with van der Waals surface area (Å²) in [4.78, 5) is 27.4. The van der Waals surface area contributed by atoms with Crippen molar-refractivity contribution in [2.45, 2.75) is 19.8 Å². The van der Waals surface area contributed by atoms with Crippen LogP contribution in [0, 0.1) is 0 Å². The molecule has 0 radical (unpaired) electrons. The van der Waals surface area contributed by atoms with Crippen LogP contribution in [0.4, 0.5) is 0 Å². The van der Waals surface area contributed by atoms with Gasteiger partial charge in [0.15, 0.2) is 0 Å². The summed E-state index contributed by atoms with van der Waals surface area (Å²) in [5.41, 5.74) is 0.394. The molecule has 3 rings (SSSR count). The average Bonchev–Trinajstić information content (AvgIpc) is 2.38. The summed E-state index contributed by atoms with van der Waals surface area (Å²) in [7, 11) is 0. The van der Waals surface area contributed by atoms with Crippen LogP contribution < -0.4 is 11.1 Å². The average molecular weight is 255 g/mol. The van der Waals surface area contributed by atoms with Gasteiger partial charge in [0.2, 0.25) is 5.43 Å². The van der Waals surface area contributed by atoms with Crippen molar-refractivity contribution in [1.82, 2.24) is 4.98 Å². The van der Waals surface area contributed by atoms with Crippen molar-refractivity contribution in [2.75, 3.05) is 0 Å². The van der Waals surface area contributed by atoms with Gasteiger partial charge in [-0.05, 0) is 12.1 Å². The highest BCUT2D eigenvalue weighted by Gasteiger charge is 2.13.